The number of nitrogens with two attached hydrogens (primary N) is 1. The minimum absolute atomic E-state index is 0.0319. The Hall–Kier alpha value is -1.60. The Morgan fingerprint density at radius 1 is 0.824 bits per heavy atom. The lowest BCUT2D eigenvalue weighted by Gasteiger charge is -2.18. The highest BCUT2D eigenvalue weighted by Gasteiger charge is 2.12. The van der Waals surface area contributed by atoms with Gasteiger partial charge in [0.05, 0.1) is 6.04 Å². The van der Waals surface area contributed by atoms with Crippen molar-refractivity contribution in [2.24, 2.45) is 5.73 Å². The largest absolute Gasteiger partial charge is 0.320 e. The molecule has 1 heteroatoms. The molecular formula is C16H19N. The summed E-state index contributed by atoms with van der Waals surface area (Å²) in [4.78, 5) is 0. The average Bonchev–Trinajstić information content (AvgIpc) is 2.36. The molecule has 0 aliphatic carbocycles. The van der Waals surface area contributed by atoms with Gasteiger partial charge in [0.1, 0.15) is 0 Å². The molecule has 2 aromatic carbocycles. The third-order valence-electron chi connectivity index (χ3n) is 3.59. The van der Waals surface area contributed by atoms with Crippen molar-refractivity contribution in [3.05, 3.63) is 70.3 Å². The average molecular weight is 225 g/mol. The number of benzene rings is 2. The third-order valence-corrected chi connectivity index (χ3v) is 3.59. The first-order valence-corrected chi connectivity index (χ1v) is 5.98. The zero-order valence-electron chi connectivity index (χ0n) is 10.7. The number of hydrogen-bond acceptors (Lipinski definition) is 1. The highest BCUT2D eigenvalue weighted by Crippen LogP contribution is 2.25. The van der Waals surface area contributed by atoms with Crippen molar-refractivity contribution in [3.63, 3.8) is 0 Å². The van der Waals surface area contributed by atoms with Crippen LogP contribution in [0.25, 0.3) is 0 Å². The molecule has 0 aromatic heterocycles. The van der Waals surface area contributed by atoms with Crippen LogP contribution < -0.4 is 5.73 Å². The summed E-state index contributed by atoms with van der Waals surface area (Å²) in [6.45, 7) is 6.45. The molecule has 1 nitrogen and oxygen atoms in total. The van der Waals surface area contributed by atoms with Crippen LogP contribution in [-0.4, -0.2) is 0 Å². The maximum Gasteiger partial charge on any atom is 0.0554 e. The normalized spacial score (nSPS) is 12.5. The third kappa shape index (κ3) is 2.25. The van der Waals surface area contributed by atoms with Crippen LogP contribution in [0.15, 0.2) is 42.5 Å². The molecule has 2 rings (SSSR count). The molecule has 1 unspecified atom stereocenters. The standard InChI is InChI=1S/C16H19N/c1-11-9-10-15(13(3)12(11)2)16(17)14-7-5-4-6-8-14/h4-10,16H,17H2,1-3H3. The van der Waals surface area contributed by atoms with E-state index in [4.69, 9.17) is 5.73 Å². The summed E-state index contributed by atoms with van der Waals surface area (Å²) in [6, 6.07) is 14.5. The first-order chi connectivity index (χ1) is 8.11. The van der Waals surface area contributed by atoms with Crippen LogP contribution >= 0.6 is 0 Å². The van der Waals surface area contributed by atoms with Gasteiger partial charge in [-0.2, -0.15) is 0 Å². The molecule has 0 aliphatic rings. The zero-order valence-corrected chi connectivity index (χ0v) is 10.7. The molecule has 17 heavy (non-hydrogen) atoms. The summed E-state index contributed by atoms with van der Waals surface area (Å²) < 4.78 is 0. The SMILES string of the molecule is Cc1ccc(C(N)c2ccccc2)c(C)c1C. The zero-order chi connectivity index (χ0) is 12.4. The lowest BCUT2D eigenvalue weighted by molar-refractivity contribution is 0.857. The molecule has 2 aromatic rings. The molecule has 0 spiro atoms. The van der Waals surface area contributed by atoms with Gasteiger partial charge in [0.15, 0.2) is 0 Å². The van der Waals surface area contributed by atoms with Gasteiger partial charge in [0.25, 0.3) is 0 Å². The van der Waals surface area contributed by atoms with Crippen LogP contribution in [0.1, 0.15) is 33.9 Å². The highest BCUT2D eigenvalue weighted by atomic mass is 14.6. The van der Waals surface area contributed by atoms with Crippen molar-refractivity contribution in [2.75, 3.05) is 0 Å². The van der Waals surface area contributed by atoms with Crippen LogP contribution in [0.5, 0.6) is 0 Å². The summed E-state index contributed by atoms with van der Waals surface area (Å²) in [5.74, 6) is 0. The summed E-state index contributed by atoms with van der Waals surface area (Å²) in [5, 5.41) is 0. The van der Waals surface area contributed by atoms with E-state index in [1.165, 1.54) is 27.8 Å². The van der Waals surface area contributed by atoms with Gasteiger partial charge in [-0.3, -0.25) is 0 Å². The Balaban J connectivity index is 2.45. The smallest absolute Gasteiger partial charge is 0.0554 e. The van der Waals surface area contributed by atoms with Gasteiger partial charge in [-0.15, -0.1) is 0 Å². The highest BCUT2D eigenvalue weighted by molar-refractivity contribution is 5.43. The fourth-order valence-corrected chi connectivity index (χ4v) is 2.15. The molecule has 0 heterocycles. The van der Waals surface area contributed by atoms with Crippen LogP contribution in [-0.2, 0) is 0 Å². The summed E-state index contributed by atoms with van der Waals surface area (Å²) in [6.07, 6.45) is 0. The summed E-state index contributed by atoms with van der Waals surface area (Å²) in [7, 11) is 0. The van der Waals surface area contributed by atoms with E-state index in [9.17, 15) is 0 Å². The molecule has 0 aliphatic heterocycles. The van der Waals surface area contributed by atoms with E-state index in [0.29, 0.717) is 0 Å². The van der Waals surface area contributed by atoms with Gasteiger partial charge in [0, 0.05) is 0 Å². The van der Waals surface area contributed by atoms with Crippen molar-refractivity contribution < 1.29 is 0 Å². The van der Waals surface area contributed by atoms with E-state index >= 15 is 0 Å². The Morgan fingerprint density at radius 2 is 1.47 bits per heavy atom. The van der Waals surface area contributed by atoms with Crippen molar-refractivity contribution in [1.82, 2.24) is 0 Å². The van der Waals surface area contributed by atoms with Crippen molar-refractivity contribution in [1.29, 1.82) is 0 Å². The molecule has 0 saturated heterocycles. The second-order valence-electron chi connectivity index (χ2n) is 4.61. The van der Waals surface area contributed by atoms with Gasteiger partial charge in [-0.1, -0.05) is 42.5 Å². The molecule has 2 N–H and O–H groups in total. The molecule has 1 atom stereocenters. The minimum atomic E-state index is -0.0319. The van der Waals surface area contributed by atoms with Crippen LogP contribution in [0, 0.1) is 20.8 Å². The molecule has 0 amide bonds. The quantitative estimate of drug-likeness (QED) is 0.829. The van der Waals surface area contributed by atoms with E-state index in [1.54, 1.807) is 0 Å². The minimum Gasteiger partial charge on any atom is -0.320 e. The van der Waals surface area contributed by atoms with Gasteiger partial charge in [-0.25, -0.2) is 0 Å². The lowest BCUT2D eigenvalue weighted by Crippen LogP contribution is -2.14. The Labute approximate surface area is 103 Å². The molecule has 88 valence electrons. The van der Waals surface area contributed by atoms with E-state index in [2.05, 4.69) is 45.0 Å². The molecule has 0 bridgehead atoms. The summed E-state index contributed by atoms with van der Waals surface area (Å²) >= 11 is 0. The van der Waals surface area contributed by atoms with Crippen LogP contribution in [0.4, 0.5) is 0 Å². The first kappa shape index (κ1) is 11.9. The maximum absolute atomic E-state index is 6.34. The molecule has 0 fully saturated rings. The Bertz CT molecular complexity index is 515. The second-order valence-corrected chi connectivity index (χ2v) is 4.61. The number of hydrogen-bond donors (Lipinski definition) is 1. The fourth-order valence-electron chi connectivity index (χ4n) is 2.15. The maximum atomic E-state index is 6.34. The number of aryl methyl sites for hydroxylation is 1. The molecule has 0 radical (unpaired) electrons. The Morgan fingerprint density at radius 3 is 2.12 bits per heavy atom. The van der Waals surface area contributed by atoms with Crippen molar-refractivity contribution >= 4 is 0 Å². The molecule has 0 saturated carbocycles. The molecular weight excluding hydrogens is 206 g/mol. The Kier molecular flexibility index (Phi) is 3.30. The van der Waals surface area contributed by atoms with Gasteiger partial charge >= 0.3 is 0 Å². The first-order valence-electron chi connectivity index (χ1n) is 5.98. The van der Waals surface area contributed by atoms with Crippen molar-refractivity contribution in [2.45, 2.75) is 26.8 Å². The predicted molar refractivity (Wildman–Crippen MR) is 73.1 cm³/mol. The van der Waals surface area contributed by atoms with E-state index in [0.717, 1.165) is 0 Å². The number of rotatable bonds is 2. The van der Waals surface area contributed by atoms with E-state index < -0.39 is 0 Å². The van der Waals surface area contributed by atoms with E-state index in [-0.39, 0.29) is 6.04 Å². The van der Waals surface area contributed by atoms with Gasteiger partial charge < -0.3 is 5.73 Å². The van der Waals surface area contributed by atoms with Crippen LogP contribution in [0.3, 0.4) is 0 Å². The topological polar surface area (TPSA) is 26.0 Å². The van der Waals surface area contributed by atoms with Gasteiger partial charge in [0.2, 0.25) is 0 Å². The van der Waals surface area contributed by atoms with E-state index in [1.807, 2.05) is 18.2 Å². The monoisotopic (exact) mass is 225 g/mol. The predicted octanol–water partition coefficient (Wildman–Crippen LogP) is 3.66. The van der Waals surface area contributed by atoms with Crippen LogP contribution in [0.2, 0.25) is 0 Å². The second kappa shape index (κ2) is 4.72. The lowest BCUT2D eigenvalue weighted by atomic mass is 9.91. The fraction of sp³-hybridized carbons (Fsp3) is 0.250. The van der Waals surface area contributed by atoms with Crippen molar-refractivity contribution in [3.8, 4) is 0 Å². The summed E-state index contributed by atoms with van der Waals surface area (Å²) in [5.41, 5.74) is 12.7. The van der Waals surface area contributed by atoms with Gasteiger partial charge in [-0.05, 0) is 48.6 Å².